The van der Waals surface area contributed by atoms with E-state index in [4.69, 9.17) is 9.47 Å². The fraction of sp³-hybridized carbons (Fsp3) is 0.355. The lowest BCUT2D eigenvalue weighted by Gasteiger charge is -2.32. The molecule has 9 nitrogen and oxygen atoms in total. The summed E-state index contributed by atoms with van der Waals surface area (Å²) in [5.74, 6) is 0.544. The van der Waals surface area contributed by atoms with Crippen molar-refractivity contribution in [3.8, 4) is 11.5 Å². The molecule has 11 heteroatoms. The first kappa shape index (κ1) is 31.4. The van der Waals surface area contributed by atoms with Crippen molar-refractivity contribution in [1.29, 1.82) is 0 Å². The summed E-state index contributed by atoms with van der Waals surface area (Å²) in [7, 11) is -3.65. The van der Waals surface area contributed by atoms with Crippen LogP contribution in [0.1, 0.15) is 37.8 Å². The Morgan fingerprint density at radius 1 is 0.952 bits per heavy atom. The molecule has 1 N–H and O–H groups in total. The van der Waals surface area contributed by atoms with Crippen LogP contribution in [0.2, 0.25) is 0 Å². The molecule has 0 aromatic heterocycles. The van der Waals surface area contributed by atoms with Gasteiger partial charge in [-0.1, -0.05) is 58.4 Å². The molecule has 0 saturated carbocycles. The van der Waals surface area contributed by atoms with Gasteiger partial charge in [0.2, 0.25) is 28.6 Å². The van der Waals surface area contributed by atoms with Crippen LogP contribution in [0.15, 0.2) is 77.3 Å². The van der Waals surface area contributed by atoms with E-state index in [2.05, 4.69) is 21.2 Å². The Morgan fingerprint density at radius 3 is 2.31 bits per heavy atom. The first-order valence-corrected chi connectivity index (χ1v) is 16.4. The highest BCUT2D eigenvalue weighted by atomic mass is 79.9. The summed E-state index contributed by atoms with van der Waals surface area (Å²) < 4.78 is 38.4. The molecule has 0 saturated heterocycles. The summed E-state index contributed by atoms with van der Waals surface area (Å²) in [5, 5.41) is 2.98. The molecule has 0 spiro atoms. The molecule has 1 atom stereocenters. The van der Waals surface area contributed by atoms with Gasteiger partial charge >= 0.3 is 0 Å². The minimum absolute atomic E-state index is 0.0490. The van der Waals surface area contributed by atoms with E-state index in [0.29, 0.717) is 23.6 Å². The number of anilines is 1. The van der Waals surface area contributed by atoms with Gasteiger partial charge in [0.05, 0.1) is 11.9 Å². The molecule has 0 radical (unpaired) electrons. The van der Waals surface area contributed by atoms with Crippen molar-refractivity contribution in [3.05, 3.63) is 88.4 Å². The maximum absolute atomic E-state index is 13.9. The zero-order valence-electron chi connectivity index (χ0n) is 24.0. The normalized spacial score (nSPS) is 13.1. The Bertz CT molecular complexity index is 1480. The van der Waals surface area contributed by atoms with Crippen LogP contribution in [0.25, 0.3) is 0 Å². The number of carbonyl (C=O) groups excluding carboxylic acids is 2. The average Bonchev–Trinajstić information content (AvgIpc) is 3.41. The number of nitrogens with zero attached hydrogens (tertiary/aromatic N) is 2. The Morgan fingerprint density at radius 2 is 1.64 bits per heavy atom. The van der Waals surface area contributed by atoms with E-state index < -0.39 is 16.1 Å². The molecule has 1 aliphatic rings. The molecule has 1 aliphatic heterocycles. The number of hydrogen-bond acceptors (Lipinski definition) is 6. The lowest BCUT2D eigenvalue weighted by Crippen LogP contribution is -2.51. The predicted molar refractivity (Wildman–Crippen MR) is 166 cm³/mol. The summed E-state index contributed by atoms with van der Waals surface area (Å²) in [6, 6.07) is 21.3. The summed E-state index contributed by atoms with van der Waals surface area (Å²) in [6.07, 6.45) is 1.77. The lowest BCUT2D eigenvalue weighted by molar-refractivity contribution is -0.141. The van der Waals surface area contributed by atoms with Gasteiger partial charge in [0.1, 0.15) is 6.04 Å². The number of fused-ring (bicyclic) bond motifs is 1. The molecule has 3 aromatic carbocycles. The maximum atomic E-state index is 13.9. The topological polar surface area (TPSA) is 105 Å². The van der Waals surface area contributed by atoms with Gasteiger partial charge in [-0.3, -0.25) is 13.9 Å². The largest absolute Gasteiger partial charge is 0.454 e. The third kappa shape index (κ3) is 8.48. The Hall–Kier alpha value is -3.57. The number of nitrogens with one attached hydrogen (secondary N) is 1. The van der Waals surface area contributed by atoms with Crippen molar-refractivity contribution in [1.82, 2.24) is 10.2 Å². The number of halogens is 1. The molecular formula is C31H36BrN3O6S. The molecule has 2 amide bonds. The Labute approximate surface area is 256 Å². The fourth-order valence-electron chi connectivity index (χ4n) is 4.77. The van der Waals surface area contributed by atoms with Crippen LogP contribution < -0.4 is 19.1 Å². The van der Waals surface area contributed by atoms with Crippen LogP contribution in [0.5, 0.6) is 11.5 Å². The number of ether oxygens (including phenoxy) is 2. The van der Waals surface area contributed by atoms with Gasteiger partial charge in [-0.05, 0) is 55.7 Å². The molecule has 0 aliphatic carbocycles. The van der Waals surface area contributed by atoms with E-state index in [1.54, 1.807) is 23.1 Å². The van der Waals surface area contributed by atoms with E-state index in [1.165, 1.54) is 4.31 Å². The van der Waals surface area contributed by atoms with Gasteiger partial charge < -0.3 is 19.7 Å². The molecule has 224 valence electrons. The average molecular weight is 659 g/mol. The third-order valence-corrected chi connectivity index (χ3v) is 8.49. The highest BCUT2D eigenvalue weighted by Crippen LogP contribution is 2.36. The van der Waals surface area contributed by atoms with Crippen LogP contribution in [-0.2, 0) is 32.6 Å². The van der Waals surface area contributed by atoms with Gasteiger partial charge in [0, 0.05) is 42.5 Å². The molecule has 3 aromatic rings. The van der Waals surface area contributed by atoms with Gasteiger partial charge in [0.25, 0.3) is 0 Å². The second kappa shape index (κ2) is 14.1. The van der Waals surface area contributed by atoms with E-state index in [0.717, 1.165) is 21.9 Å². The van der Waals surface area contributed by atoms with E-state index in [9.17, 15) is 18.0 Å². The number of rotatable bonds is 13. The van der Waals surface area contributed by atoms with E-state index in [1.807, 2.05) is 68.4 Å². The summed E-state index contributed by atoms with van der Waals surface area (Å²) in [6.45, 7) is 4.16. The first-order valence-electron chi connectivity index (χ1n) is 13.8. The van der Waals surface area contributed by atoms with Crippen molar-refractivity contribution in [2.75, 3.05) is 23.9 Å². The monoisotopic (exact) mass is 657 g/mol. The molecule has 0 fully saturated rings. The molecular weight excluding hydrogens is 622 g/mol. The zero-order valence-corrected chi connectivity index (χ0v) is 26.4. The second-order valence-corrected chi connectivity index (χ2v) is 13.3. The van der Waals surface area contributed by atoms with Crippen LogP contribution in [0, 0.1) is 0 Å². The van der Waals surface area contributed by atoms with Gasteiger partial charge in [-0.2, -0.15) is 0 Å². The van der Waals surface area contributed by atoms with Gasteiger partial charge in [0.15, 0.2) is 11.5 Å². The number of carbonyl (C=O) groups is 2. The number of sulfonamides is 1. The summed E-state index contributed by atoms with van der Waals surface area (Å²) in [5.41, 5.74) is 2.24. The maximum Gasteiger partial charge on any atom is 0.243 e. The molecule has 4 rings (SSSR count). The minimum atomic E-state index is -3.65. The van der Waals surface area contributed by atoms with Crippen LogP contribution in [0.4, 0.5) is 5.69 Å². The van der Waals surface area contributed by atoms with Crippen LogP contribution >= 0.6 is 15.9 Å². The fourth-order valence-corrected chi connectivity index (χ4v) is 5.99. The SMILES string of the molecule is CC(C)NC(=O)C(Cc1ccccc1)N(Cc1ccc(Br)cc1)C(=O)CCCN(c1ccc2c(c1)OCO2)S(C)(=O)=O. The van der Waals surface area contributed by atoms with Gasteiger partial charge in [-0.25, -0.2) is 8.42 Å². The Balaban J connectivity index is 1.57. The van der Waals surface area contributed by atoms with Crippen molar-refractivity contribution >= 4 is 43.5 Å². The second-order valence-electron chi connectivity index (χ2n) is 10.5. The van der Waals surface area contributed by atoms with Crippen LogP contribution in [0.3, 0.4) is 0 Å². The smallest absolute Gasteiger partial charge is 0.243 e. The summed E-state index contributed by atoms with van der Waals surface area (Å²) in [4.78, 5) is 29.0. The quantitative estimate of drug-likeness (QED) is 0.281. The van der Waals surface area contributed by atoms with Crippen molar-refractivity contribution < 1.29 is 27.5 Å². The highest BCUT2D eigenvalue weighted by Gasteiger charge is 2.31. The van der Waals surface area contributed by atoms with Crippen molar-refractivity contribution in [2.45, 2.75) is 51.7 Å². The van der Waals surface area contributed by atoms with Gasteiger partial charge in [-0.15, -0.1) is 0 Å². The number of benzene rings is 3. The highest BCUT2D eigenvalue weighted by molar-refractivity contribution is 9.10. The standard InChI is InChI=1S/C31H36BrN3O6S/c1-22(2)33-31(37)27(18-23-8-5-4-6-9-23)34(20-24-11-13-25(32)14-12-24)30(36)10-7-17-35(42(3,38)39)26-15-16-28-29(19-26)41-21-40-28/h4-6,8-9,11-16,19,22,27H,7,10,17-18,20-21H2,1-3H3,(H,33,37). The third-order valence-electron chi connectivity index (χ3n) is 6.76. The zero-order chi connectivity index (χ0) is 30.3. The van der Waals surface area contributed by atoms with Crippen molar-refractivity contribution in [2.24, 2.45) is 0 Å². The van der Waals surface area contributed by atoms with E-state index >= 15 is 0 Å². The lowest BCUT2D eigenvalue weighted by atomic mass is 10.0. The predicted octanol–water partition coefficient (Wildman–Crippen LogP) is 4.89. The molecule has 0 bridgehead atoms. The number of amides is 2. The minimum Gasteiger partial charge on any atom is -0.454 e. The Kier molecular flexibility index (Phi) is 10.5. The van der Waals surface area contributed by atoms with Crippen molar-refractivity contribution in [3.63, 3.8) is 0 Å². The molecule has 42 heavy (non-hydrogen) atoms. The molecule has 1 heterocycles. The summed E-state index contributed by atoms with van der Waals surface area (Å²) >= 11 is 3.45. The first-order chi connectivity index (χ1) is 20.0. The number of hydrogen-bond donors (Lipinski definition) is 1. The molecule has 1 unspecified atom stereocenters. The van der Waals surface area contributed by atoms with Crippen LogP contribution in [-0.4, -0.2) is 56.8 Å². The van der Waals surface area contributed by atoms with E-state index in [-0.39, 0.29) is 50.6 Å².